The number of nitrogens with zero attached hydrogens (tertiary/aromatic N) is 2. The third kappa shape index (κ3) is 5.69. The number of rotatable bonds is 7. The lowest BCUT2D eigenvalue weighted by Gasteiger charge is -2.31. The first-order chi connectivity index (χ1) is 18.6. The Hall–Kier alpha value is -3.50. The van der Waals surface area contributed by atoms with E-state index in [1.807, 2.05) is 13.0 Å². The monoisotopic (exact) mass is 651 g/mol. The van der Waals surface area contributed by atoms with Crippen molar-refractivity contribution in [3.8, 4) is 11.8 Å². The molecule has 0 radical (unpaired) electrons. The zero-order valence-electron chi connectivity index (χ0n) is 20.5. The third-order valence-corrected chi connectivity index (χ3v) is 6.74. The summed E-state index contributed by atoms with van der Waals surface area (Å²) in [4.78, 5) is 15.0. The van der Waals surface area contributed by atoms with Crippen molar-refractivity contribution in [2.24, 2.45) is 0 Å². The molecule has 3 rings (SSSR count). The molecular weight excluding hydrogens is 635 g/mol. The molecule has 0 saturated carbocycles. The van der Waals surface area contributed by atoms with Gasteiger partial charge in [0.05, 0.1) is 40.7 Å². The number of para-hydroxylation sites is 1. The fourth-order valence-corrected chi connectivity index (χ4v) is 4.84. The van der Waals surface area contributed by atoms with Crippen LogP contribution in [0.25, 0.3) is 0 Å². The van der Waals surface area contributed by atoms with Gasteiger partial charge in [-0.25, -0.2) is 4.39 Å². The van der Waals surface area contributed by atoms with Crippen molar-refractivity contribution < 1.29 is 40.3 Å². The largest absolute Gasteiger partial charge is 0.494 e. The molecule has 1 amide bonds. The normalized spacial score (nSPS) is 12.1. The highest BCUT2D eigenvalue weighted by Crippen LogP contribution is 2.54. The SMILES string of the molecule is CCN(c1ccc(C#N)cc1)c1cccc(C(=O)Nc2c(Cl)cc(C(F)(C(F)(F)F)C(F)(F)F)cc2Br)c1OC. The van der Waals surface area contributed by atoms with E-state index in [0.29, 0.717) is 23.5 Å². The van der Waals surface area contributed by atoms with E-state index in [1.165, 1.54) is 19.2 Å². The van der Waals surface area contributed by atoms with E-state index in [-0.39, 0.29) is 23.4 Å². The van der Waals surface area contributed by atoms with Crippen LogP contribution >= 0.6 is 27.5 Å². The van der Waals surface area contributed by atoms with Crippen molar-refractivity contribution in [3.05, 3.63) is 80.8 Å². The van der Waals surface area contributed by atoms with Crippen molar-refractivity contribution >= 4 is 50.5 Å². The summed E-state index contributed by atoms with van der Waals surface area (Å²) in [5.74, 6) is -0.782. The number of anilines is 3. The van der Waals surface area contributed by atoms with Crippen LogP contribution in [0.15, 0.2) is 59.1 Å². The first kappa shape index (κ1) is 31.0. The summed E-state index contributed by atoms with van der Waals surface area (Å²) in [5, 5.41) is 10.6. The highest BCUT2D eigenvalue weighted by Gasteiger charge is 2.73. The fraction of sp³-hybridized carbons (Fsp3) is 0.231. The molecule has 0 aliphatic rings. The van der Waals surface area contributed by atoms with E-state index in [2.05, 4.69) is 21.2 Å². The lowest BCUT2D eigenvalue weighted by Crippen LogP contribution is -2.50. The maximum Gasteiger partial charge on any atom is 0.435 e. The van der Waals surface area contributed by atoms with Gasteiger partial charge < -0.3 is 15.0 Å². The Balaban J connectivity index is 2.03. The van der Waals surface area contributed by atoms with E-state index in [4.69, 9.17) is 21.6 Å². The van der Waals surface area contributed by atoms with Crippen molar-refractivity contribution in [2.45, 2.75) is 24.9 Å². The predicted molar refractivity (Wildman–Crippen MR) is 139 cm³/mol. The Labute approximate surface area is 237 Å². The number of ether oxygens (including phenoxy) is 1. The number of nitriles is 1. The Morgan fingerprint density at radius 3 is 2.12 bits per heavy atom. The van der Waals surface area contributed by atoms with E-state index in [1.54, 1.807) is 35.2 Å². The van der Waals surface area contributed by atoms with Crippen LogP contribution in [0.2, 0.25) is 5.02 Å². The summed E-state index contributed by atoms with van der Waals surface area (Å²) in [7, 11) is 1.30. The molecule has 0 heterocycles. The Morgan fingerprint density at radius 1 is 1.05 bits per heavy atom. The molecule has 0 spiro atoms. The first-order valence-electron chi connectivity index (χ1n) is 11.2. The number of hydrogen-bond acceptors (Lipinski definition) is 4. The zero-order valence-corrected chi connectivity index (χ0v) is 22.9. The van der Waals surface area contributed by atoms with Crippen LogP contribution in [0.5, 0.6) is 5.75 Å². The average molecular weight is 653 g/mol. The van der Waals surface area contributed by atoms with Crippen molar-refractivity contribution in [3.63, 3.8) is 0 Å². The number of hydrogen-bond donors (Lipinski definition) is 1. The van der Waals surface area contributed by atoms with Gasteiger partial charge in [-0.05, 0) is 71.4 Å². The molecule has 14 heteroatoms. The van der Waals surface area contributed by atoms with Crippen molar-refractivity contribution in [1.29, 1.82) is 5.26 Å². The topological polar surface area (TPSA) is 65.4 Å². The molecule has 0 aromatic heterocycles. The molecule has 0 bridgehead atoms. The molecule has 3 aromatic rings. The predicted octanol–water partition coefficient (Wildman–Crippen LogP) is 8.68. The number of carbonyl (C=O) groups is 1. The second-order valence-electron chi connectivity index (χ2n) is 8.18. The van der Waals surface area contributed by atoms with Gasteiger partial charge in [0.25, 0.3) is 5.91 Å². The molecule has 40 heavy (non-hydrogen) atoms. The summed E-state index contributed by atoms with van der Waals surface area (Å²) >= 11 is 8.74. The summed E-state index contributed by atoms with van der Waals surface area (Å²) in [6.07, 6.45) is -12.7. The van der Waals surface area contributed by atoms with Crippen LogP contribution in [-0.4, -0.2) is 31.9 Å². The van der Waals surface area contributed by atoms with Crippen LogP contribution in [-0.2, 0) is 5.67 Å². The van der Waals surface area contributed by atoms with Gasteiger partial charge in [-0.15, -0.1) is 0 Å². The minimum atomic E-state index is -6.34. The fourth-order valence-electron chi connectivity index (χ4n) is 3.90. The lowest BCUT2D eigenvalue weighted by atomic mass is 9.94. The van der Waals surface area contributed by atoms with Gasteiger partial charge in [0, 0.05) is 22.3 Å². The minimum absolute atomic E-state index is 0.0513. The summed E-state index contributed by atoms with van der Waals surface area (Å²) in [6.45, 7) is 2.24. The van der Waals surface area contributed by atoms with Gasteiger partial charge in [-0.3, -0.25) is 4.79 Å². The van der Waals surface area contributed by atoms with Crippen molar-refractivity contribution in [2.75, 3.05) is 23.9 Å². The summed E-state index contributed by atoms with van der Waals surface area (Å²) < 4.78 is 98.7. The number of carbonyl (C=O) groups excluding carboxylic acids is 1. The molecule has 5 nitrogen and oxygen atoms in total. The summed E-state index contributed by atoms with van der Waals surface area (Å²) in [6, 6.07) is 13.6. The van der Waals surface area contributed by atoms with Crippen molar-refractivity contribution in [1.82, 2.24) is 0 Å². The van der Waals surface area contributed by atoms with E-state index < -0.39 is 44.7 Å². The molecular formula is C26H18BrClF7N3O2. The second kappa shape index (κ2) is 11.5. The molecule has 0 fully saturated rings. The van der Waals surface area contributed by atoms with Crippen LogP contribution < -0.4 is 15.0 Å². The van der Waals surface area contributed by atoms with Gasteiger partial charge in [-0.2, -0.15) is 31.6 Å². The average Bonchev–Trinajstić information content (AvgIpc) is 2.89. The molecule has 0 saturated heterocycles. The zero-order chi connectivity index (χ0) is 30.0. The molecule has 0 unspecified atom stereocenters. The third-order valence-electron chi connectivity index (χ3n) is 5.82. The standard InChI is InChI=1S/C26H18BrClF7N3O2/c1-3-38(16-9-7-14(13-36)8-10-16)20-6-4-5-17(22(20)40-2)23(39)37-21-18(27)11-15(12-19(21)28)24(29,25(30,31)32)26(33,34)35/h4-12H,3H2,1-2H3,(H,37,39). The quantitative estimate of drug-likeness (QED) is 0.260. The Morgan fingerprint density at radius 2 is 1.65 bits per heavy atom. The van der Waals surface area contributed by atoms with E-state index >= 15 is 0 Å². The second-order valence-corrected chi connectivity index (χ2v) is 9.45. The van der Waals surface area contributed by atoms with Gasteiger partial charge in [-0.1, -0.05) is 17.7 Å². The van der Waals surface area contributed by atoms with Crippen LogP contribution in [0.3, 0.4) is 0 Å². The first-order valence-corrected chi connectivity index (χ1v) is 12.4. The molecule has 0 aliphatic carbocycles. The molecule has 3 aromatic carbocycles. The van der Waals surface area contributed by atoms with Gasteiger partial charge >= 0.3 is 18.0 Å². The smallest absolute Gasteiger partial charge is 0.435 e. The maximum atomic E-state index is 14.5. The van der Waals surface area contributed by atoms with E-state index in [0.717, 1.165) is 0 Å². The maximum absolute atomic E-state index is 14.5. The highest BCUT2D eigenvalue weighted by molar-refractivity contribution is 9.10. The summed E-state index contributed by atoms with van der Waals surface area (Å²) in [5.41, 5.74) is -6.42. The molecule has 0 aliphatic heterocycles. The number of nitrogens with one attached hydrogen (secondary N) is 1. The number of methoxy groups -OCH3 is 1. The van der Waals surface area contributed by atoms with Crippen LogP contribution in [0, 0.1) is 11.3 Å². The van der Waals surface area contributed by atoms with Gasteiger partial charge in [0.1, 0.15) is 0 Å². The Bertz CT molecular complexity index is 1420. The van der Waals surface area contributed by atoms with Crippen LogP contribution in [0.1, 0.15) is 28.4 Å². The molecule has 212 valence electrons. The number of alkyl halides is 7. The van der Waals surface area contributed by atoms with Gasteiger partial charge in [0.2, 0.25) is 0 Å². The number of amides is 1. The molecule has 0 atom stereocenters. The number of benzene rings is 3. The Kier molecular flexibility index (Phi) is 8.96. The van der Waals surface area contributed by atoms with Crippen LogP contribution in [0.4, 0.5) is 47.8 Å². The minimum Gasteiger partial charge on any atom is -0.494 e. The lowest BCUT2D eigenvalue weighted by molar-refractivity contribution is -0.348. The van der Waals surface area contributed by atoms with Gasteiger partial charge in [0.15, 0.2) is 5.75 Å². The molecule has 1 N–H and O–H groups in total. The van der Waals surface area contributed by atoms with E-state index in [9.17, 15) is 35.5 Å². The highest BCUT2D eigenvalue weighted by atomic mass is 79.9. The number of halogens is 9.